The molecule has 0 bridgehead atoms. The van der Waals surface area contributed by atoms with Crippen LogP contribution in [-0.4, -0.2) is 34.4 Å². The second-order valence-electron chi connectivity index (χ2n) is 5.32. The van der Waals surface area contributed by atoms with E-state index in [9.17, 15) is 4.79 Å². The van der Waals surface area contributed by atoms with Crippen molar-refractivity contribution >= 4 is 17.7 Å². The number of nitrogens with zero attached hydrogens (tertiary/aromatic N) is 1. The molecule has 5 heteroatoms. The van der Waals surface area contributed by atoms with Crippen molar-refractivity contribution in [2.24, 2.45) is 0 Å². The van der Waals surface area contributed by atoms with Crippen molar-refractivity contribution in [2.45, 2.75) is 50.6 Å². The van der Waals surface area contributed by atoms with Crippen LogP contribution in [0.3, 0.4) is 0 Å². The van der Waals surface area contributed by atoms with Gasteiger partial charge in [0.2, 0.25) is 0 Å². The van der Waals surface area contributed by atoms with E-state index < -0.39 is 11.5 Å². The van der Waals surface area contributed by atoms with Crippen LogP contribution in [0.5, 0.6) is 0 Å². The topological polar surface area (TPSA) is 62.2 Å². The molecular weight excluding hydrogens is 272 g/mol. The number of likely N-dealkylation sites (N-methyl/N-ethyl adjacent to an activating group) is 1. The van der Waals surface area contributed by atoms with Crippen LogP contribution in [0.1, 0.15) is 37.4 Å². The van der Waals surface area contributed by atoms with Gasteiger partial charge in [0.15, 0.2) is 0 Å². The Balaban J connectivity index is 2.33. The van der Waals surface area contributed by atoms with E-state index in [0.29, 0.717) is 6.42 Å². The second kappa shape index (κ2) is 7.64. The molecule has 112 valence electrons. The molecule has 0 aliphatic rings. The average Bonchev–Trinajstić information content (AvgIpc) is 2.36. The summed E-state index contributed by atoms with van der Waals surface area (Å²) in [5.41, 5.74) is 1.46. The number of aliphatic carboxylic acids is 1. The second-order valence-corrected chi connectivity index (χ2v) is 6.43. The molecule has 1 aromatic rings. The third kappa shape index (κ3) is 5.13. The van der Waals surface area contributed by atoms with Gasteiger partial charge in [0, 0.05) is 5.69 Å². The zero-order valence-electron chi connectivity index (χ0n) is 12.7. The number of carboxylic acids is 1. The summed E-state index contributed by atoms with van der Waals surface area (Å²) in [5.74, 6) is 0.179. The molecule has 4 nitrogen and oxygen atoms in total. The summed E-state index contributed by atoms with van der Waals surface area (Å²) >= 11 is 1.74. The van der Waals surface area contributed by atoms with Crippen molar-refractivity contribution in [3.63, 3.8) is 0 Å². The Morgan fingerprint density at radius 1 is 1.40 bits per heavy atom. The van der Waals surface area contributed by atoms with E-state index in [0.717, 1.165) is 29.3 Å². The number of carbonyl (C=O) groups is 1. The Morgan fingerprint density at radius 3 is 2.65 bits per heavy atom. The van der Waals surface area contributed by atoms with Crippen LogP contribution in [0.4, 0.5) is 0 Å². The predicted octanol–water partition coefficient (Wildman–Crippen LogP) is 3.02. The lowest BCUT2D eigenvalue weighted by Gasteiger charge is -2.23. The van der Waals surface area contributed by atoms with Crippen LogP contribution in [0.15, 0.2) is 17.2 Å². The molecule has 0 aromatic carbocycles. The maximum atomic E-state index is 11.1. The molecule has 0 aliphatic heterocycles. The molecule has 0 fully saturated rings. The Kier molecular flexibility index (Phi) is 6.49. The van der Waals surface area contributed by atoms with Gasteiger partial charge in [-0.25, -0.2) is 4.98 Å². The Hall–Kier alpha value is -1.07. The van der Waals surface area contributed by atoms with E-state index in [1.54, 1.807) is 25.7 Å². The number of hydrogen-bond acceptors (Lipinski definition) is 4. The largest absolute Gasteiger partial charge is 0.480 e. The fourth-order valence-corrected chi connectivity index (χ4v) is 3.01. The van der Waals surface area contributed by atoms with E-state index in [4.69, 9.17) is 5.11 Å². The van der Waals surface area contributed by atoms with Gasteiger partial charge in [-0.2, -0.15) is 0 Å². The lowest BCUT2D eigenvalue weighted by atomic mass is 9.95. The van der Waals surface area contributed by atoms with Gasteiger partial charge in [-0.15, -0.1) is 11.8 Å². The molecular formula is C15H24N2O2S. The first-order valence-corrected chi connectivity index (χ1v) is 7.86. The third-order valence-electron chi connectivity index (χ3n) is 3.42. The monoisotopic (exact) mass is 296 g/mol. The molecule has 2 N–H and O–H groups in total. The molecule has 1 heterocycles. The predicted molar refractivity (Wildman–Crippen MR) is 83.4 cm³/mol. The lowest BCUT2D eigenvalue weighted by molar-refractivity contribution is -0.144. The zero-order valence-corrected chi connectivity index (χ0v) is 13.5. The van der Waals surface area contributed by atoms with Crippen LogP contribution in [0, 0.1) is 13.8 Å². The summed E-state index contributed by atoms with van der Waals surface area (Å²) in [6.45, 7) is 5.81. The number of nitrogens with one attached hydrogen (secondary N) is 1. The maximum absolute atomic E-state index is 11.1. The van der Waals surface area contributed by atoms with Crippen LogP contribution < -0.4 is 5.32 Å². The maximum Gasteiger partial charge on any atom is 0.323 e. The highest BCUT2D eigenvalue weighted by Crippen LogP contribution is 2.21. The number of aromatic nitrogens is 1. The first-order valence-electron chi connectivity index (χ1n) is 6.88. The summed E-state index contributed by atoms with van der Waals surface area (Å²) in [4.78, 5) is 15.6. The van der Waals surface area contributed by atoms with Gasteiger partial charge in [0.05, 0.1) is 5.03 Å². The molecule has 0 aliphatic carbocycles. The van der Waals surface area contributed by atoms with Gasteiger partial charge < -0.3 is 10.4 Å². The molecule has 0 amide bonds. The minimum atomic E-state index is -0.817. The van der Waals surface area contributed by atoms with Crippen LogP contribution in [0.2, 0.25) is 0 Å². The first kappa shape index (κ1) is 17.0. The molecule has 1 rings (SSSR count). The number of thioether (sulfide) groups is 1. The highest BCUT2D eigenvalue weighted by molar-refractivity contribution is 7.99. The Morgan fingerprint density at radius 2 is 2.10 bits per heavy atom. The summed E-state index contributed by atoms with van der Waals surface area (Å²) < 4.78 is 0. The van der Waals surface area contributed by atoms with Crippen molar-refractivity contribution in [1.82, 2.24) is 10.3 Å². The third-order valence-corrected chi connectivity index (χ3v) is 4.42. The van der Waals surface area contributed by atoms with E-state index in [2.05, 4.69) is 29.4 Å². The smallest absolute Gasteiger partial charge is 0.323 e. The van der Waals surface area contributed by atoms with Crippen LogP contribution >= 0.6 is 11.8 Å². The highest BCUT2D eigenvalue weighted by atomic mass is 32.2. The number of unbranched alkanes of at least 4 members (excludes halogenated alkanes) is 1. The van der Waals surface area contributed by atoms with Crippen molar-refractivity contribution in [1.29, 1.82) is 0 Å². The zero-order chi connectivity index (χ0) is 15.2. The molecule has 1 unspecified atom stereocenters. The highest BCUT2D eigenvalue weighted by Gasteiger charge is 2.29. The molecule has 0 saturated carbocycles. The van der Waals surface area contributed by atoms with Gasteiger partial charge in [0.1, 0.15) is 5.54 Å². The number of carboxylic acid groups (broad SMARTS) is 1. The van der Waals surface area contributed by atoms with E-state index in [-0.39, 0.29) is 0 Å². The van der Waals surface area contributed by atoms with Gasteiger partial charge >= 0.3 is 5.97 Å². The molecule has 0 radical (unpaired) electrons. The number of hydrogen-bond donors (Lipinski definition) is 2. The minimum absolute atomic E-state index is 0.639. The summed E-state index contributed by atoms with van der Waals surface area (Å²) in [5, 5.41) is 13.1. The normalized spacial score (nSPS) is 14.0. The van der Waals surface area contributed by atoms with Gasteiger partial charge in [-0.1, -0.05) is 6.42 Å². The molecule has 0 spiro atoms. The van der Waals surface area contributed by atoms with E-state index in [1.807, 2.05) is 6.92 Å². The number of aryl methyl sites for hydroxylation is 2. The molecule has 20 heavy (non-hydrogen) atoms. The summed E-state index contributed by atoms with van der Waals surface area (Å²) in [7, 11) is 1.70. The lowest BCUT2D eigenvalue weighted by Crippen LogP contribution is -2.47. The molecule has 1 aromatic heterocycles. The Bertz CT molecular complexity index is 445. The van der Waals surface area contributed by atoms with Crippen molar-refractivity contribution in [3.8, 4) is 0 Å². The molecule has 0 saturated heterocycles. The quantitative estimate of drug-likeness (QED) is 0.570. The first-order chi connectivity index (χ1) is 9.37. The van der Waals surface area contributed by atoms with Gasteiger partial charge in [-0.3, -0.25) is 4.79 Å². The SMILES string of the molecule is CNC(C)(CCCCSc1cc(C)cc(C)n1)C(=O)O. The fraction of sp³-hybridized carbons (Fsp3) is 0.600. The van der Waals surface area contributed by atoms with Crippen molar-refractivity contribution in [2.75, 3.05) is 12.8 Å². The standard InChI is InChI=1S/C15H24N2O2S/c1-11-9-12(2)17-13(10-11)20-8-6-5-7-15(3,16-4)14(18)19/h9-10,16H,5-8H2,1-4H3,(H,18,19). The Labute approximate surface area is 125 Å². The minimum Gasteiger partial charge on any atom is -0.480 e. The van der Waals surface area contributed by atoms with Crippen LogP contribution in [0.25, 0.3) is 0 Å². The van der Waals surface area contributed by atoms with Crippen molar-refractivity contribution < 1.29 is 9.90 Å². The van der Waals surface area contributed by atoms with Crippen molar-refractivity contribution in [3.05, 3.63) is 23.4 Å². The van der Waals surface area contributed by atoms with Gasteiger partial charge in [-0.05, 0) is 64.1 Å². The number of pyridine rings is 1. The number of rotatable bonds is 8. The van der Waals surface area contributed by atoms with E-state index in [1.165, 1.54) is 5.56 Å². The molecule has 1 atom stereocenters. The van der Waals surface area contributed by atoms with E-state index >= 15 is 0 Å². The van der Waals surface area contributed by atoms with Crippen LogP contribution in [-0.2, 0) is 4.79 Å². The van der Waals surface area contributed by atoms with Gasteiger partial charge in [0.25, 0.3) is 0 Å². The summed E-state index contributed by atoms with van der Waals surface area (Å²) in [6, 6.07) is 4.15. The summed E-state index contributed by atoms with van der Waals surface area (Å²) in [6.07, 6.45) is 2.52. The fourth-order valence-electron chi connectivity index (χ4n) is 1.97. The average molecular weight is 296 g/mol.